The lowest BCUT2D eigenvalue weighted by atomic mass is 10.2. The summed E-state index contributed by atoms with van der Waals surface area (Å²) in [6.45, 7) is -0.413. The number of carbonyl (C=O) groups is 2. The molecule has 7 heteroatoms. The number of halogens is 2. The monoisotopic (exact) mass is 262 g/mol. The fourth-order valence-electron chi connectivity index (χ4n) is 0.907. The van der Waals surface area contributed by atoms with Crippen LogP contribution < -0.4 is 11.2 Å². The minimum atomic E-state index is -0.697. The molecule has 0 spiro atoms. The Balaban J connectivity index is 2.66. The third kappa shape index (κ3) is 3.37. The van der Waals surface area contributed by atoms with E-state index < -0.39 is 18.4 Å². The molecule has 0 aliphatic rings. The van der Waals surface area contributed by atoms with Gasteiger partial charge in [0.05, 0.1) is 15.6 Å². The molecule has 1 rings (SSSR count). The fourth-order valence-corrected chi connectivity index (χ4v) is 1.29. The van der Waals surface area contributed by atoms with Gasteiger partial charge in [-0.25, -0.2) is 5.48 Å². The number of nitrogens with two attached hydrogens (primary N) is 1. The second-order valence-electron chi connectivity index (χ2n) is 2.79. The van der Waals surface area contributed by atoms with Crippen molar-refractivity contribution in [1.29, 1.82) is 0 Å². The number of hydroxylamine groups is 1. The highest BCUT2D eigenvalue weighted by atomic mass is 35.5. The highest BCUT2D eigenvalue weighted by molar-refractivity contribution is 6.43. The summed E-state index contributed by atoms with van der Waals surface area (Å²) in [5.74, 6) is -1.30. The molecule has 0 aliphatic heterocycles. The van der Waals surface area contributed by atoms with Crippen LogP contribution in [0.3, 0.4) is 0 Å². The summed E-state index contributed by atoms with van der Waals surface area (Å²) < 4.78 is 0. The van der Waals surface area contributed by atoms with Crippen molar-refractivity contribution in [2.24, 2.45) is 5.73 Å². The zero-order valence-corrected chi connectivity index (χ0v) is 9.51. The fraction of sp³-hybridized carbons (Fsp3) is 0.111. The zero-order chi connectivity index (χ0) is 12.1. The largest absolute Gasteiger partial charge is 0.368 e. The summed E-state index contributed by atoms with van der Waals surface area (Å²) in [7, 11) is 0. The van der Waals surface area contributed by atoms with Crippen LogP contribution in [0.4, 0.5) is 0 Å². The van der Waals surface area contributed by atoms with Crippen molar-refractivity contribution in [2.75, 3.05) is 6.61 Å². The molecule has 1 aromatic carbocycles. The summed E-state index contributed by atoms with van der Waals surface area (Å²) in [5, 5.41) is 0.369. The lowest BCUT2D eigenvalue weighted by Gasteiger charge is -2.06. The molecule has 0 bridgehead atoms. The molecule has 0 aliphatic carbocycles. The van der Waals surface area contributed by atoms with Gasteiger partial charge in [0.15, 0.2) is 6.61 Å². The van der Waals surface area contributed by atoms with Crippen molar-refractivity contribution >= 4 is 35.0 Å². The highest BCUT2D eigenvalue weighted by Gasteiger charge is 2.12. The van der Waals surface area contributed by atoms with Crippen LogP contribution >= 0.6 is 23.2 Å². The van der Waals surface area contributed by atoms with Crippen LogP contribution in [0.1, 0.15) is 10.4 Å². The third-order valence-corrected chi connectivity index (χ3v) is 2.39. The Morgan fingerprint density at radius 1 is 1.38 bits per heavy atom. The smallest absolute Gasteiger partial charge is 0.276 e. The van der Waals surface area contributed by atoms with Crippen LogP contribution in [-0.2, 0) is 9.63 Å². The maximum Gasteiger partial charge on any atom is 0.276 e. The maximum absolute atomic E-state index is 11.5. The predicted octanol–water partition coefficient (Wildman–Crippen LogP) is 1.14. The molecule has 0 unspecified atom stereocenters. The lowest BCUT2D eigenvalue weighted by molar-refractivity contribution is -0.124. The van der Waals surface area contributed by atoms with E-state index in [2.05, 4.69) is 4.84 Å². The number of primary amides is 1. The van der Waals surface area contributed by atoms with E-state index in [0.717, 1.165) is 0 Å². The van der Waals surface area contributed by atoms with Crippen LogP contribution in [0.15, 0.2) is 18.2 Å². The maximum atomic E-state index is 11.5. The molecule has 16 heavy (non-hydrogen) atoms. The summed E-state index contributed by atoms with van der Waals surface area (Å²) in [6.07, 6.45) is 0. The van der Waals surface area contributed by atoms with E-state index in [9.17, 15) is 9.59 Å². The standard InChI is InChI=1S/C9H8Cl2N2O3/c10-6-3-1-2-5(8(6)11)9(15)13-16-4-7(12)14/h1-3H,4H2,(H2,12,14)(H,13,15). The zero-order valence-electron chi connectivity index (χ0n) is 8.00. The van der Waals surface area contributed by atoms with Gasteiger partial charge in [0, 0.05) is 0 Å². The number of benzene rings is 1. The normalized spacial score (nSPS) is 9.88. The van der Waals surface area contributed by atoms with Crippen molar-refractivity contribution in [3.63, 3.8) is 0 Å². The van der Waals surface area contributed by atoms with Gasteiger partial charge in [-0.2, -0.15) is 0 Å². The average Bonchev–Trinajstić information content (AvgIpc) is 2.21. The molecule has 0 heterocycles. The van der Waals surface area contributed by atoms with E-state index in [1.807, 2.05) is 5.48 Å². The number of nitrogens with one attached hydrogen (secondary N) is 1. The first-order valence-electron chi connectivity index (χ1n) is 4.17. The van der Waals surface area contributed by atoms with Crippen molar-refractivity contribution in [3.05, 3.63) is 33.8 Å². The quantitative estimate of drug-likeness (QED) is 0.799. The highest BCUT2D eigenvalue weighted by Crippen LogP contribution is 2.25. The Labute approximate surface area is 101 Å². The molecule has 3 N–H and O–H groups in total. The number of rotatable bonds is 4. The molecule has 2 amide bonds. The molecule has 0 saturated heterocycles. The third-order valence-electron chi connectivity index (χ3n) is 1.58. The minimum absolute atomic E-state index is 0.115. The van der Waals surface area contributed by atoms with Gasteiger partial charge in [0.2, 0.25) is 5.91 Å². The number of amides is 2. The summed E-state index contributed by atoms with van der Waals surface area (Å²) >= 11 is 11.5. The van der Waals surface area contributed by atoms with Crippen LogP contribution in [0, 0.1) is 0 Å². The van der Waals surface area contributed by atoms with Crippen molar-refractivity contribution < 1.29 is 14.4 Å². The molecule has 0 saturated carbocycles. The van der Waals surface area contributed by atoms with Crippen LogP contribution in [0.25, 0.3) is 0 Å². The van der Waals surface area contributed by atoms with E-state index in [1.54, 1.807) is 12.1 Å². The minimum Gasteiger partial charge on any atom is -0.368 e. The van der Waals surface area contributed by atoms with Crippen LogP contribution in [0.2, 0.25) is 10.0 Å². The summed E-state index contributed by atoms with van der Waals surface area (Å²) in [5.41, 5.74) is 6.98. The lowest BCUT2D eigenvalue weighted by Crippen LogP contribution is -2.29. The van der Waals surface area contributed by atoms with Gasteiger partial charge in [-0.1, -0.05) is 29.3 Å². The first-order chi connectivity index (χ1) is 7.52. The number of carbonyl (C=O) groups excluding carboxylic acids is 2. The average molecular weight is 263 g/mol. The van der Waals surface area contributed by atoms with E-state index in [1.165, 1.54) is 6.07 Å². The van der Waals surface area contributed by atoms with Gasteiger partial charge >= 0.3 is 0 Å². The number of hydrogen-bond donors (Lipinski definition) is 2. The molecule has 86 valence electrons. The van der Waals surface area contributed by atoms with E-state index in [-0.39, 0.29) is 15.6 Å². The van der Waals surface area contributed by atoms with Crippen LogP contribution in [0.5, 0.6) is 0 Å². The molecule has 0 atom stereocenters. The Morgan fingerprint density at radius 3 is 2.69 bits per heavy atom. The van der Waals surface area contributed by atoms with Gasteiger partial charge < -0.3 is 5.73 Å². The molecular weight excluding hydrogens is 255 g/mol. The van der Waals surface area contributed by atoms with E-state index in [0.29, 0.717) is 0 Å². The van der Waals surface area contributed by atoms with Crippen LogP contribution in [-0.4, -0.2) is 18.4 Å². The molecular formula is C9H8Cl2N2O3. The Kier molecular flexibility index (Phi) is 4.54. The first-order valence-corrected chi connectivity index (χ1v) is 4.92. The summed E-state index contributed by atoms with van der Waals surface area (Å²) in [4.78, 5) is 26.3. The molecule has 0 radical (unpaired) electrons. The van der Waals surface area contributed by atoms with Gasteiger partial charge in [-0.3, -0.25) is 14.4 Å². The van der Waals surface area contributed by atoms with Gasteiger partial charge in [-0.15, -0.1) is 0 Å². The first kappa shape index (κ1) is 12.8. The SMILES string of the molecule is NC(=O)CONC(=O)c1cccc(Cl)c1Cl. The van der Waals surface area contributed by atoms with Gasteiger partial charge in [0.1, 0.15) is 0 Å². The van der Waals surface area contributed by atoms with E-state index >= 15 is 0 Å². The van der Waals surface area contributed by atoms with Gasteiger partial charge in [0.25, 0.3) is 5.91 Å². The van der Waals surface area contributed by atoms with Crippen molar-refractivity contribution in [2.45, 2.75) is 0 Å². The van der Waals surface area contributed by atoms with Crippen molar-refractivity contribution in [3.8, 4) is 0 Å². The Hall–Kier alpha value is -1.30. The van der Waals surface area contributed by atoms with Gasteiger partial charge in [-0.05, 0) is 12.1 Å². The Morgan fingerprint density at radius 2 is 2.06 bits per heavy atom. The molecule has 0 fully saturated rings. The molecule has 5 nitrogen and oxygen atoms in total. The Bertz CT molecular complexity index is 423. The van der Waals surface area contributed by atoms with Crippen molar-refractivity contribution in [1.82, 2.24) is 5.48 Å². The topological polar surface area (TPSA) is 81.4 Å². The summed E-state index contributed by atoms with van der Waals surface area (Å²) in [6, 6.07) is 4.58. The molecule has 0 aromatic heterocycles. The van der Waals surface area contributed by atoms with E-state index in [4.69, 9.17) is 28.9 Å². The second-order valence-corrected chi connectivity index (χ2v) is 3.57. The predicted molar refractivity (Wildman–Crippen MR) is 59.1 cm³/mol. The second kappa shape index (κ2) is 5.69. The molecule has 1 aromatic rings. The number of hydrogen-bond acceptors (Lipinski definition) is 3.